The molecule has 0 aromatic carbocycles. The van der Waals surface area contributed by atoms with Crippen molar-refractivity contribution in [3.8, 4) is 0 Å². The summed E-state index contributed by atoms with van der Waals surface area (Å²) in [6, 6.07) is 0. The van der Waals surface area contributed by atoms with Crippen molar-refractivity contribution >= 4 is 5.97 Å². The van der Waals surface area contributed by atoms with Crippen molar-refractivity contribution in [1.82, 2.24) is 0 Å². The minimum Gasteiger partial charge on any atom is -0.481 e. The lowest BCUT2D eigenvalue weighted by molar-refractivity contribution is -0.149. The van der Waals surface area contributed by atoms with Gasteiger partial charge < -0.3 is 9.84 Å². The first-order chi connectivity index (χ1) is 10.4. The van der Waals surface area contributed by atoms with Crippen molar-refractivity contribution in [3.05, 3.63) is 23.8 Å². The second-order valence-corrected chi connectivity index (χ2v) is 6.97. The van der Waals surface area contributed by atoms with E-state index in [1.165, 1.54) is 12.8 Å². The van der Waals surface area contributed by atoms with Gasteiger partial charge in [0.25, 0.3) is 0 Å². The first-order valence-corrected chi connectivity index (χ1v) is 8.52. The summed E-state index contributed by atoms with van der Waals surface area (Å²) in [5.74, 6) is 0.0561. The van der Waals surface area contributed by atoms with Crippen LogP contribution in [-0.2, 0) is 9.53 Å². The van der Waals surface area contributed by atoms with Crippen molar-refractivity contribution in [2.45, 2.75) is 59.3 Å². The van der Waals surface area contributed by atoms with E-state index in [-0.39, 0.29) is 5.92 Å². The highest BCUT2D eigenvalue weighted by atomic mass is 16.5. The Morgan fingerprint density at radius 3 is 2.68 bits per heavy atom. The molecule has 126 valence electrons. The summed E-state index contributed by atoms with van der Waals surface area (Å²) in [5.41, 5.74) is 0.397. The summed E-state index contributed by atoms with van der Waals surface area (Å²) in [5, 5.41) is 9.87. The van der Waals surface area contributed by atoms with Crippen LogP contribution >= 0.6 is 0 Å². The first kappa shape index (κ1) is 19.0. The molecule has 1 N–H and O–H groups in total. The van der Waals surface area contributed by atoms with Crippen LogP contribution in [0.4, 0.5) is 0 Å². The number of carboxylic acid groups (broad SMARTS) is 1. The molecule has 22 heavy (non-hydrogen) atoms. The summed E-state index contributed by atoms with van der Waals surface area (Å²) < 4.78 is 5.18. The predicted molar refractivity (Wildman–Crippen MR) is 90.9 cm³/mol. The van der Waals surface area contributed by atoms with E-state index in [4.69, 9.17) is 4.74 Å². The minimum absolute atomic E-state index is 0.0278. The Kier molecular flexibility index (Phi) is 7.88. The molecular weight excluding hydrogens is 276 g/mol. The van der Waals surface area contributed by atoms with Crippen LogP contribution in [0.2, 0.25) is 0 Å². The summed E-state index contributed by atoms with van der Waals surface area (Å²) in [6.45, 7) is 7.10. The number of rotatable bonds is 10. The number of ether oxygens (including phenoxy) is 1. The normalized spacial score (nSPS) is 24.6. The zero-order valence-electron chi connectivity index (χ0n) is 14.6. The average molecular weight is 308 g/mol. The Morgan fingerprint density at radius 2 is 2.09 bits per heavy atom. The maximum Gasteiger partial charge on any atom is 0.314 e. The van der Waals surface area contributed by atoms with E-state index < -0.39 is 11.4 Å². The van der Waals surface area contributed by atoms with Gasteiger partial charge >= 0.3 is 5.97 Å². The van der Waals surface area contributed by atoms with Crippen LogP contribution in [0, 0.1) is 17.3 Å². The van der Waals surface area contributed by atoms with Crippen molar-refractivity contribution in [1.29, 1.82) is 0 Å². The Labute approximate surface area is 135 Å². The number of carboxylic acids is 1. The maximum atomic E-state index is 12.0. The predicted octanol–water partition coefficient (Wildman–Crippen LogP) is 4.83. The minimum atomic E-state index is -0.754. The molecule has 0 aromatic rings. The van der Waals surface area contributed by atoms with Gasteiger partial charge in [0.05, 0.1) is 5.41 Å². The standard InChI is InChI=1S/C19H32O3/c1-15(2)8-6-5-7-11-19(18(20)21)12-9-16(3)14-17(19)10-13-22-4/h9,12,14-15,17H,5-8,10-11,13H2,1-4H3,(H,20,21). The number of carbonyl (C=O) groups is 1. The van der Waals surface area contributed by atoms with Crippen molar-refractivity contribution < 1.29 is 14.6 Å². The van der Waals surface area contributed by atoms with Gasteiger partial charge in [-0.3, -0.25) is 4.79 Å². The van der Waals surface area contributed by atoms with Crippen LogP contribution < -0.4 is 0 Å². The molecule has 1 aliphatic rings. The molecule has 1 aliphatic carbocycles. The zero-order valence-corrected chi connectivity index (χ0v) is 14.6. The molecule has 0 aliphatic heterocycles. The molecular formula is C19H32O3. The van der Waals surface area contributed by atoms with Gasteiger partial charge in [-0.2, -0.15) is 0 Å². The maximum absolute atomic E-state index is 12.0. The fourth-order valence-electron chi connectivity index (χ4n) is 3.26. The van der Waals surface area contributed by atoms with Gasteiger partial charge in [0.15, 0.2) is 0 Å². The number of hydrogen-bond acceptors (Lipinski definition) is 2. The molecule has 0 fully saturated rings. The summed E-state index contributed by atoms with van der Waals surface area (Å²) in [7, 11) is 1.67. The molecule has 2 atom stereocenters. The molecule has 0 saturated heterocycles. The van der Waals surface area contributed by atoms with E-state index in [1.807, 2.05) is 19.1 Å². The second kappa shape index (κ2) is 9.14. The largest absolute Gasteiger partial charge is 0.481 e. The Hall–Kier alpha value is -1.09. The summed E-state index contributed by atoms with van der Waals surface area (Å²) in [4.78, 5) is 12.0. The number of hydrogen-bond donors (Lipinski definition) is 1. The Bertz CT molecular complexity index is 409. The van der Waals surface area contributed by atoms with Crippen LogP contribution in [0.3, 0.4) is 0 Å². The molecule has 0 bridgehead atoms. The van der Waals surface area contributed by atoms with Gasteiger partial charge in [0, 0.05) is 13.7 Å². The van der Waals surface area contributed by atoms with Crippen LogP contribution in [0.15, 0.2) is 23.8 Å². The van der Waals surface area contributed by atoms with Gasteiger partial charge in [0.1, 0.15) is 0 Å². The van der Waals surface area contributed by atoms with E-state index in [1.54, 1.807) is 7.11 Å². The van der Waals surface area contributed by atoms with Gasteiger partial charge in [-0.15, -0.1) is 0 Å². The summed E-state index contributed by atoms with van der Waals surface area (Å²) >= 11 is 0. The molecule has 0 radical (unpaired) electrons. The second-order valence-electron chi connectivity index (χ2n) is 6.97. The Balaban J connectivity index is 2.71. The monoisotopic (exact) mass is 308 g/mol. The van der Waals surface area contributed by atoms with E-state index in [0.717, 1.165) is 37.2 Å². The van der Waals surface area contributed by atoms with Crippen LogP contribution in [-0.4, -0.2) is 24.8 Å². The number of methoxy groups -OCH3 is 1. The molecule has 2 unspecified atom stereocenters. The Morgan fingerprint density at radius 1 is 1.36 bits per heavy atom. The SMILES string of the molecule is COCCC1C=C(C)C=CC1(CCCCCC(C)C)C(=O)O. The molecule has 3 nitrogen and oxygen atoms in total. The van der Waals surface area contributed by atoms with Gasteiger partial charge in [-0.25, -0.2) is 0 Å². The van der Waals surface area contributed by atoms with E-state index >= 15 is 0 Å². The molecule has 0 heterocycles. The lowest BCUT2D eigenvalue weighted by Gasteiger charge is -2.36. The molecule has 0 spiro atoms. The summed E-state index contributed by atoms with van der Waals surface area (Å²) in [6.07, 6.45) is 12.0. The van der Waals surface area contributed by atoms with Crippen molar-refractivity contribution in [2.24, 2.45) is 17.3 Å². The van der Waals surface area contributed by atoms with Crippen LogP contribution in [0.5, 0.6) is 0 Å². The first-order valence-electron chi connectivity index (χ1n) is 8.52. The zero-order chi connectivity index (χ0) is 16.6. The number of unbranched alkanes of at least 4 members (excludes halogenated alkanes) is 2. The van der Waals surface area contributed by atoms with Crippen LogP contribution in [0.25, 0.3) is 0 Å². The third kappa shape index (κ3) is 5.28. The third-order valence-corrected chi connectivity index (χ3v) is 4.67. The highest BCUT2D eigenvalue weighted by Gasteiger charge is 2.43. The van der Waals surface area contributed by atoms with Gasteiger partial charge in [-0.1, -0.05) is 63.3 Å². The van der Waals surface area contributed by atoms with Gasteiger partial charge in [-0.05, 0) is 31.6 Å². The lowest BCUT2D eigenvalue weighted by Crippen LogP contribution is -2.38. The topological polar surface area (TPSA) is 46.5 Å². The smallest absolute Gasteiger partial charge is 0.314 e. The fraction of sp³-hybridized carbons (Fsp3) is 0.737. The number of aliphatic carboxylic acids is 1. The van der Waals surface area contributed by atoms with Crippen molar-refractivity contribution in [3.63, 3.8) is 0 Å². The van der Waals surface area contributed by atoms with E-state index in [0.29, 0.717) is 6.61 Å². The fourth-order valence-corrected chi connectivity index (χ4v) is 3.26. The molecule has 3 heteroatoms. The van der Waals surface area contributed by atoms with Crippen LogP contribution in [0.1, 0.15) is 59.3 Å². The molecule has 0 saturated carbocycles. The lowest BCUT2D eigenvalue weighted by atomic mass is 9.67. The van der Waals surface area contributed by atoms with Crippen molar-refractivity contribution in [2.75, 3.05) is 13.7 Å². The number of allylic oxidation sites excluding steroid dienone is 3. The molecule has 0 aromatic heterocycles. The third-order valence-electron chi connectivity index (χ3n) is 4.67. The van der Waals surface area contributed by atoms with Gasteiger partial charge in [0.2, 0.25) is 0 Å². The quantitative estimate of drug-likeness (QED) is 0.588. The molecule has 1 rings (SSSR count). The van der Waals surface area contributed by atoms with E-state index in [9.17, 15) is 9.90 Å². The molecule has 0 amide bonds. The average Bonchev–Trinajstić information content (AvgIpc) is 2.46. The highest BCUT2D eigenvalue weighted by molar-refractivity contribution is 5.78. The van der Waals surface area contributed by atoms with E-state index in [2.05, 4.69) is 19.9 Å². The highest BCUT2D eigenvalue weighted by Crippen LogP contribution is 2.42.